The SMILES string of the molecule is O=C(CNC(=O)c1ccco1)NCC(=O)N1CC[NH+](Cc2ccsc2)CC1. The van der Waals surface area contributed by atoms with Gasteiger partial charge in [-0.1, -0.05) is 0 Å². The van der Waals surface area contributed by atoms with Crippen molar-refractivity contribution in [1.29, 1.82) is 0 Å². The molecule has 1 saturated heterocycles. The van der Waals surface area contributed by atoms with Crippen LogP contribution in [-0.2, 0) is 16.1 Å². The van der Waals surface area contributed by atoms with Crippen LogP contribution in [0.15, 0.2) is 39.6 Å². The topological polar surface area (TPSA) is 96.1 Å². The van der Waals surface area contributed by atoms with E-state index in [0.717, 1.165) is 19.6 Å². The smallest absolute Gasteiger partial charge is 0.287 e. The van der Waals surface area contributed by atoms with E-state index >= 15 is 0 Å². The Morgan fingerprint density at radius 2 is 1.96 bits per heavy atom. The zero-order chi connectivity index (χ0) is 19.1. The predicted molar refractivity (Wildman–Crippen MR) is 99.4 cm³/mol. The Hall–Kier alpha value is -2.65. The van der Waals surface area contributed by atoms with Gasteiger partial charge in [0.2, 0.25) is 11.8 Å². The van der Waals surface area contributed by atoms with Gasteiger partial charge in [-0.2, -0.15) is 11.3 Å². The molecule has 0 bridgehead atoms. The fourth-order valence-corrected chi connectivity index (χ4v) is 3.60. The Morgan fingerprint density at radius 3 is 2.63 bits per heavy atom. The highest BCUT2D eigenvalue weighted by atomic mass is 32.1. The summed E-state index contributed by atoms with van der Waals surface area (Å²) in [5.74, 6) is -0.840. The van der Waals surface area contributed by atoms with Crippen LogP contribution in [-0.4, -0.2) is 61.9 Å². The Kier molecular flexibility index (Phi) is 6.61. The molecular weight excluding hydrogens is 368 g/mol. The van der Waals surface area contributed by atoms with Crippen molar-refractivity contribution in [2.45, 2.75) is 6.54 Å². The maximum Gasteiger partial charge on any atom is 0.287 e. The Balaban J connectivity index is 1.32. The molecule has 1 aliphatic rings. The third-order valence-corrected chi connectivity index (χ3v) is 5.18. The summed E-state index contributed by atoms with van der Waals surface area (Å²) in [7, 11) is 0. The standard InChI is InChI=1S/C18H22N4O4S/c23-16(10-20-18(25)15-2-1-8-26-15)19-11-17(24)22-6-4-21(5-7-22)12-14-3-9-27-13-14/h1-3,8-9,13H,4-7,10-12H2,(H,19,23)(H,20,25)/p+1. The highest BCUT2D eigenvalue weighted by Gasteiger charge is 2.24. The van der Waals surface area contributed by atoms with Crippen LogP contribution in [0, 0.1) is 0 Å². The lowest BCUT2D eigenvalue weighted by Crippen LogP contribution is -3.13. The minimum Gasteiger partial charge on any atom is -0.459 e. The molecule has 2 aromatic heterocycles. The van der Waals surface area contributed by atoms with Crippen LogP contribution >= 0.6 is 11.3 Å². The molecular formula is C18H23N4O4S+. The van der Waals surface area contributed by atoms with Gasteiger partial charge in [-0.05, 0) is 29.0 Å². The fraction of sp³-hybridized carbons (Fsp3) is 0.389. The van der Waals surface area contributed by atoms with E-state index in [0.29, 0.717) is 13.1 Å². The van der Waals surface area contributed by atoms with E-state index in [1.165, 1.54) is 22.8 Å². The second kappa shape index (κ2) is 9.33. The first kappa shape index (κ1) is 19.1. The number of thiophene rings is 1. The summed E-state index contributed by atoms with van der Waals surface area (Å²) >= 11 is 1.70. The molecule has 0 aliphatic carbocycles. The number of hydrogen-bond donors (Lipinski definition) is 3. The van der Waals surface area contributed by atoms with Gasteiger partial charge in [-0.25, -0.2) is 0 Å². The molecule has 3 heterocycles. The molecule has 1 aliphatic heterocycles. The van der Waals surface area contributed by atoms with Crippen molar-refractivity contribution < 1.29 is 23.7 Å². The number of furan rings is 1. The Morgan fingerprint density at radius 1 is 1.15 bits per heavy atom. The maximum atomic E-state index is 12.3. The quantitative estimate of drug-likeness (QED) is 0.571. The summed E-state index contributed by atoms with van der Waals surface area (Å²) in [6.07, 6.45) is 1.38. The number of piperazine rings is 1. The maximum absolute atomic E-state index is 12.3. The molecule has 0 aromatic carbocycles. The summed E-state index contributed by atoms with van der Waals surface area (Å²) in [5.41, 5.74) is 1.33. The molecule has 2 aromatic rings. The molecule has 0 saturated carbocycles. The third-order valence-electron chi connectivity index (χ3n) is 4.45. The lowest BCUT2D eigenvalue weighted by Gasteiger charge is -2.32. The number of carbonyl (C=O) groups excluding carboxylic acids is 3. The van der Waals surface area contributed by atoms with Crippen molar-refractivity contribution in [2.75, 3.05) is 39.3 Å². The van der Waals surface area contributed by atoms with Gasteiger partial charge in [-0.15, -0.1) is 0 Å². The van der Waals surface area contributed by atoms with Gasteiger partial charge in [0.25, 0.3) is 5.91 Å². The van der Waals surface area contributed by atoms with E-state index in [4.69, 9.17) is 4.42 Å². The zero-order valence-corrected chi connectivity index (χ0v) is 15.7. The van der Waals surface area contributed by atoms with Crippen LogP contribution in [0.1, 0.15) is 16.1 Å². The number of nitrogens with zero attached hydrogens (tertiary/aromatic N) is 1. The first-order valence-corrected chi connectivity index (χ1v) is 9.77. The highest BCUT2D eigenvalue weighted by Crippen LogP contribution is 2.04. The van der Waals surface area contributed by atoms with Gasteiger partial charge >= 0.3 is 0 Å². The lowest BCUT2D eigenvalue weighted by atomic mass is 10.2. The normalized spacial score (nSPS) is 14.7. The van der Waals surface area contributed by atoms with E-state index < -0.39 is 11.8 Å². The van der Waals surface area contributed by atoms with Crippen molar-refractivity contribution in [3.8, 4) is 0 Å². The van der Waals surface area contributed by atoms with Crippen molar-refractivity contribution in [1.82, 2.24) is 15.5 Å². The van der Waals surface area contributed by atoms with E-state index in [2.05, 4.69) is 27.5 Å². The van der Waals surface area contributed by atoms with Crippen molar-refractivity contribution in [3.05, 3.63) is 46.5 Å². The number of quaternary nitrogens is 1. The van der Waals surface area contributed by atoms with Gasteiger partial charge in [0, 0.05) is 5.56 Å². The number of amides is 3. The molecule has 144 valence electrons. The van der Waals surface area contributed by atoms with Crippen molar-refractivity contribution in [2.24, 2.45) is 0 Å². The van der Waals surface area contributed by atoms with Crippen molar-refractivity contribution >= 4 is 29.1 Å². The van der Waals surface area contributed by atoms with E-state index in [1.807, 2.05) is 0 Å². The molecule has 0 atom stereocenters. The van der Waals surface area contributed by atoms with Gasteiger partial charge < -0.3 is 24.9 Å². The molecule has 0 spiro atoms. The first-order chi connectivity index (χ1) is 13.1. The second-order valence-electron chi connectivity index (χ2n) is 6.38. The zero-order valence-electron chi connectivity index (χ0n) is 14.9. The summed E-state index contributed by atoms with van der Waals surface area (Å²) in [6.45, 7) is 3.88. The fourth-order valence-electron chi connectivity index (χ4n) is 2.93. The van der Waals surface area contributed by atoms with E-state index in [-0.39, 0.29) is 24.8 Å². The molecule has 3 rings (SSSR count). The van der Waals surface area contributed by atoms with Crippen LogP contribution in [0.4, 0.5) is 0 Å². The molecule has 3 amide bonds. The molecule has 9 heteroatoms. The largest absolute Gasteiger partial charge is 0.459 e. The van der Waals surface area contributed by atoms with Crippen LogP contribution < -0.4 is 15.5 Å². The Bertz CT molecular complexity index is 752. The van der Waals surface area contributed by atoms with E-state index in [9.17, 15) is 14.4 Å². The minimum absolute atomic E-state index is 0.0602. The van der Waals surface area contributed by atoms with Gasteiger partial charge in [0.1, 0.15) is 6.54 Å². The van der Waals surface area contributed by atoms with Crippen LogP contribution in [0.5, 0.6) is 0 Å². The summed E-state index contributed by atoms with van der Waals surface area (Å²) in [4.78, 5) is 39.0. The lowest BCUT2D eigenvalue weighted by molar-refractivity contribution is -0.917. The number of rotatable bonds is 7. The monoisotopic (exact) mass is 391 g/mol. The minimum atomic E-state index is -0.466. The van der Waals surface area contributed by atoms with Crippen LogP contribution in [0.2, 0.25) is 0 Å². The molecule has 27 heavy (non-hydrogen) atoms. The average Bonchev–Trinajstić information content (AvgIpc) is 3.39. The second-order valence-corrected chi connectivity index (χ2v) is 7.16. The molecule has 0 radical (unpaired) electrons. The van der Waals surface area contributed by atoms with Crippen LogP contribution in [0.3, 0.4) is 0 Å². The number of carbonyl (C=O) groups is 3. The van der Waals surface area contributed by atoms with Gasteiger partial charge in [0.15, 0.2) is 5.76 Å². The molecule has 1 fully saturated rings. The average molecular weight is 391 g/mol. The highest BCUT2D eigenvalue weighted by molar-refractivity contribution is 7.07. The molecule has 0 unspecified atom stereocenters. The first-order valence-electron chi connectivity index (χ1n) is 8.82. The summed E-state index contributed by atoms with van der Waals surface area (Å²) in [6, 6.07) is 5.24. The van der Waals surface area contributed by atoms with Gasteiger partial charge in [0.05, 0.1) is 45.5 Å². The molecule has 8 nitrogen and oxygen atoms in total. The van der Waals surface area contributed by atoms with Crippen molar-refractivity contribution in [3.63, 3.8) is 0 Å². The van der Waals surface area contributed by atoms with E-state index in [1.54, 1.807) is 22.3 Å². The third kappa shape index (κ3) is 5.66. The van der Waals surface area contributed by atoms with Crippen LogP contribution in [0.25, 0.3) is 0 Å². The Labute approximate surface area is 161 Å². The summed E-state index contributed by atoms with van der Waals surface area (Å²) < 4.78 is 4.94. The molecule has 3 N–H and O–H groups in total. The predicted octanol–water partition coefficient (Wildman–Crippen LogP) is -0.886. The number of hydrogen-bond acceptors (Lipinski definition) is 5. The number of nitrogens with one attached hydrogen (secondary N) is 3. The van der Waals surface area contributed by atoms with Gasteiger partial charge in [-0.3, -0.25) is 14.4 Å². The summed E-state index contributed by atoms with van der Waals surface area (Å²) in [5, 5.41) is 9.22.